The molecule has 1 heterocycles. The van der Waals surface area contributed by atoms with Crippen LogP contribution < -0.4 is 15.0 Å². The van der Waals surface area contributed by atoms with Crippen molar-refractivity contribution in [1.29, 1.82) is 0 Å². The molecule has 0 aliphatic carbocycles. The van der Waals surface area contributed by atoms with Gasteiger partial charge in [0.1, 0.15) is 17.9 Å². The monoisotopic (exact) mass is 460 g/mol. The number of nitrogens with zero attached hydrogens (tertiary/aromatic N) is 1. The van der Waals surface area contributed by atoms with Gasteiger partial charge in [-0.1, -0.05) is 36.4 Å². The average molecular weight is 461 g/mol. The lowest BCUT2D eigenvalue weighted by atomic mass is 9.94. The van der Waals surface area contributed by atoms with Crippen LogP contribution in [0.1, 0.15) is 40.7 Å². The summed E-state index contributed by atoms with van der Waals surface area (Å²) in [7, 11) is 1.73. The Morgan fingerprint density at radius 1 is 1.06 bits per heavy atom. The topological polar surface area (TPSA) is 41.6 Å². The van der Waals surface area contributed by atoms with Gasteiger partial charge in [-0.05, 0) is 78.6 Å². The molecule has 4 nitrogen and oxygen atoms in total. The molecule has 1 aliphatic heterocycles. The minimum Gasteiger partial charge on any atom is -0.496 e. The van der Waals surface area contributed by atoms with Gasteiger partial charge in [0.05, 0.1) is 7.11 Å². The zero-order chi connectivity index (χ0) is 23.9. The average Bonchev–Trinajstić information content (AvgIpc) is 2.86. The van der Waals surface area contributed by atoms with Crippen molar-refractivity contribution in [1.82, 2.24) is 0 Å². The molecule has 0 saturated heterocycles. The van der Waals surface area contributed by atoms with Gasteiger partial charge in [0.25, 0.3) is 0 Å². The summed E-state index contributed by atoms with van der Waals surface area (Å²) in [5.74, 6) is 0.676. The van der Waals surface area contributed by atoms with Crippen molar-refractivity contribution in [3.63, 3.8) is 0 Å². The number of carbonyl (C=O) groups is 1. The maximum Gasteiger partial charge on any atom is 0.128 e. The molecule has 0 radical (unpaired) electrons. The summed E-state index contributed by atoms with van der Waals surface area (Å²) in [6.45, 7) is 4.82. The maximum atomic E-state index is 14.4. The van der Waals surface area contributed by atoms with Crippen LogP contribution in [-0.2, 0) is 30.6 Å². The number of ether oxygens (including phenoxy) is 1. The zero-order valence-electron chi connectivity index (χ0n) is 20.1. The number of hydrogen-bond donors (Lipinski definition) is 1. The molecule has 0 saturated carbocycles. The number of aldehydes is 1. The molecule has 5 heteroatoms. The van der Waals surface area contributed by atoms with Gasteiger partial charge in [-0.3, -0.25) is 0 Å². The molecule has 0 amide bonds. The highest BCUT2D eigenvalue weighted by molar-refractivity contribution is 5.64. The van der Waals surface area contributed by atoms with E-state index in [1.807, 2.05) is 18.2 Å². The van der Waals surface area contributed by atoms with Gasteiger partial charge in [-0.15, -0.1) is 0 Å². The third kappa shape index (κ3) is 5.41. The molecule has 1 aliphatic rings. The molecule has 4 rings (SSSR count). The smallest absolute Gasteiger partial charge is 0.128 e. The van der Waals surface area contributed by atoms with Crippen molar-refractivity contribution in [3.05, 3.63) is 88.2 Å². The van der Waals surface area contributed by atoms with E-state index in [0.717, 1.165) is 50.1 Å². The van der Waals surface area contributed by atoms with E-state index in [0.29, 0.717) is 24.9 Å². The molecule has 0 unspecified atom stereocenters. The summed E-state index contributed by atoms with van der Waals surface area (Å²) in [6, 6.07) is 17.8. The van der Waals surface area contributed by atoms with Gasteiger partial charge in [-0.25, -0.2) is 4.39 Å². The van der Waals surface area contributed by atoms with Crippen LogP contribution >= 0.6 is 0 Å². The van der Waals surface area contributed by atoms with Crippen LogP contribution in [0, 0.1) is 12.7 Å². The molecule has 3 aromatic rings. The van der Waals surface area contributed by atoms with Crippen LogP contribution in [0.25, 0.3) is 0 Å². The highest BCUT2D eigenvalue weighted by atomic mass is 19.1. The van der Waals surface area contributed by atoms with E-state index in [9.17, 15) is 9.18 Å². The van der Waals surface area contributed by atoms with Crippen LogP contribution in [0.5, 0.6) is 5.75 Å². The zero-order valence-corrected chi connectivity index (χ0v) is 20.1. The fourth-order valence-electron chi connectivity index (χ4n) is 4.86. The largest absolute Gasteiger partial charge is 0.496 e. The lowest BCUT2D eigenvalue weighted by molar-refractivity contribution is -0.107. The minimum atomic E-state index is -0.267. The number of benzene rings is 3. The Balaban J connectivity index is 1.47. The third-order valence-electron chi connectivity index (χ3n) is 6.73. The van der Waals surface area contributed by atoms with E-state index in [1.165, 1.54) is 34.0 Å². The minimum absolute atomic E-state index is 0.267. The fraction of sp³-hybridized carbons (Fsp3) is 0.345. The lowest BCUT2D eigenvalue weighted by Crippen LogP contribution is -2.32. The van der Waals surface area contributed by atoms with Gasteiger partial charge in [-0.2, -0.15) is 0 Å². The number of anilines is 2. The van der Waals surface area contributed by atoms with Gasteiger partial charge in [0.15, 0.2) is 0 Å². The molecule has 0 atom stereocenters. The Bertz CT molecular complexity index is 1140. The SMILES string of the molecule is COc1ccccc1CCN1CCCc2ccc(CNc3ccc(CCC=O)c(F)c3)c(C)c21. The number of aryl methyl sites for hydroxylation is 2. The van der Waals surface area contributed by atoms with Crippen molar-refractivity contribution in [2.75, 3.05) is 30.4 Å². The Morgan fingerprint density at radius 3 is 2.68 bits per heavy atom. The highest BCUT2D eigenvalue weighted by Gasteiger charge is 2.21. The first kappa shape index (κ1) is 23.8. The van der Waals surface area contributed by atoms with Gasteiger partial charge >= 0.3 is 0 Å². The van der Waals surface area contributed by atoms with E-state index < -0.39 is 0 Å². The third-order valence-corrected chi connectivity index (χ3v) is 6.73. The second kappa shape index (κ2) is 11.2. The fourth-order valence-corrected chi connectivity index (χ4v) is 4.86. The standard InChI is InChI=1S/C29H33FN2O2/c1-21-25(20-31-26-14-13-22(9-6-18-33)27(30)19-26)12-11-24-8-5-16-32(29(21)24)17-15-23-7-3-4-10-28(23)34-2/h3-4,7,10-14,18-19,31H,5-6,8-9,15-17,20H2,1-2H3. The van der Waals surface area contributed by atoms with Crippen LogP contribution in [-0.4, -0.2) is 26.5 Å². The van der Waals surface area contributed by atoms with Crippen LogP contribution in [0.4, 0.5) is 15.8 Å². The molecular weight excluding hydrogens is 427 g/mol. The number of para-hydroxylation sites is 1. The quantitative estimate of drug-likeness (QED) is 0.384. The number of hydrogen-bond acceptors (Lipinski definition) is 4. The molecule has 1 N–H and O–H groups in total. The van der Waals surface area contributed by atoms with Crippen molar-refractivity contribution < 1.29 is 13.9 Å². The first-order valence-corrected chi connectivity index (χ1v) is 12.0. The van der Waals surface area contributed by atoms with Crippen molar-refractivity contribution >= 4 is 17.7 Å². The first-order valence-electron chi connectivity index (χ1n) is 12.0. The molecule has 34 heavy (non-hydrogen) atoms. The highest BCUT2D eigenvalue weighted by Crippen LogP contribution is 2.33. The number of carbonyl (C=O) groups excluding carboxylic acids is 1. The Kier molecular flexibility index (Phi) is 7.84. The number of nitrogens with one attached hydrogen (secondary N) is 1. The molecular formula is C29H33FN2O2. The summed E-state index contributed by atoms with van der Waals surface area (Å²) < 4.78 is 19.9. The maximum absolute atomic E-state index is 14.4. The molecule has 3 aromatic carbocycles. The number of fused-ring (bicyclic) bond motifs is 1. The van der Waals surface area contributed by atoms with Gasteiger partial charge < -0.3 is 19.7 Å². The van der Waals surface area contributed by atoms with Crippen molar-refractivity contribution in [3.8, 4) is 5.75 Å². The van der Waals surface area contributed by atoms with Gasteiger partial charge in [0.2, 0.25) is 0 Å². The second-order valence-corrected chi connectivity index (χ2v) is 8.87. The molecule has 0 fully saturated rings. The lowest BCUT2D eigenvalue weighted by Gasteiger charge is -2.34. The van der Waals surface area contributed by atoms with E-state index in [2.05, 4.69) is 41.4 Å². The summed E-state index contributed by atoms with van der Waals surface area (Å²) in [5.41, 5.74) is 7.80. The van der Waals surface area contributed by atoms with Crippen LogP contribution in [0.15, 0.2) is 54.6 Å². The van der Waals surface area contributed by atoms with E-state index >= 15 is 0 Å². The predicted molar refractivity (Wildman–Crippen MR) is 137 cm³/mol. The molecule has 0 spiro atoms. The number of rotatable bonds is 10. The molecule has 0 aromatic heterocycles. The molecule has 178 valence electrons. The predicted octanol–water partition coefficient (Wildman–Crippen LogP) is 5.88. The number of methoxy groups -OCH3 is 1. The van der Waals surface area contributed by atoms with Crippen molar-refractivity contribution in [2.24, 2.45) is 0 Å². The van der Waals surface area contributed by atoms with Crippen LogP contribution in [0.3, 0.4) is 0 Å². The first-order chi connectivity index (χ1) is 16.6. The summed E-state index contributed by atoms with van der Waals surface area (Å²) in [5, 5.41) is 3.38. The van der Waals surface area contributed by atoms with E-state index in [4.69, 9.17) is 4.74 Å². The van der Waals surface area contributed by atoms with E-state index in [-0.39, 0.29) is 5.82 Å². The molecule has 0 bridgehead atoms. The second-order valence-electron chi connectivity index (χ2n) is 8.87. The Hall–Kier alpha value is -3.34. The Labute approximate surface area is 201 Å². The normalized spacial score (nSPS) is 12.9. The summed E-state index contributed by atoms with van der Waals surface area (Å²) in [4.78, 5) is 13.1. The van der Waals surface area contributed by atoms with Crippen LogP contribution in [0.2, 0.25) is 0 Å². The summed E-state index contributed by atoms with van der Waals surface area (Å²) >= 11 is 0. The van der Waals surface area contributed by atoms with Crippen molar-refractivity contribution in [2.45, 2.75) is 45.6 Å². The number of halogens is 1. The summed E-state index contributed by atoms with van der Waals surface area (Å²) in [6.07, 6.45) is 4.79. The van der Waals surface area contributed by atoms with E-state index in [1.54, 1.807) is 13.2 Å². The van der Waals surface area contributed by atoms with Gasteiger partial charge in [0, 0.05) is 37.4 Å². The Morgan fingerprint density at radius 2 is 1.88 bits per heavy atom.